The summed E-state index contributed by atoms with van der Waals surface area (Å²) in [4.78, 5) is 6.43. The molecule has 110 valence electrons. The van der Waals surface area contributed by atoms with Crippen LogP contribution >= 0.6 is 11.6 Å². The number of alkyl halides is 4. The highest BCUT2D eigenvalue weighted by Crippen LogP contribution is 2.58. The Kier molecular flexibility index (Phi) is 3.45. The SMILES string of the molecule is FC(F)(F)c1ccc(C23C[C@H]2CN(CCCCl)C3)nc1. The molecule has 2 aliphatic rings. The molecule has 0 radical (unpaired) electrons. The van der Waals surface area contributed by atoms with Crippen LogP contribution in [0.5, 0.6) is 0 Å². The van der Waals surface area contributed by atoms with Gasteiger partial charge in [-0.15, -0.1) is 11.6 Å². The number of hydrogen-bond acceptors (Lipinski definition) is 2. The van der Waals surface area contributed by atoms with Gasteiger partial charge in [0, 0.05) is 36.3 Å². The van der Waals surface area contributed by atoms with E-state index in [1.165, 1.54) is 0 Å². The molecular formula is C14H16ClF3N2. The molecule has 1 saturated heterocycles. The number of pyridine rings is 1. The number of fused-ring (bicyclic) bond motifs is 1. The Hall–Kier alpha value is -0.810. The zero-order chi connectivity index (χ0) is 14.4. The standard InChI is InChI=1S/C14H16ClF3N2/c15-4-1-5-20-8-11-6-13(11,9-20)12-3-2-10(7-19-12)14(16,17)18/h2-3,7,11H,1,4-6,8-9H2/t11-,13?/m0/s1. The molecule has 20 heavy (non-hydrogen) atoms. The number of likely N-dealkylation sites (tertiary alicyclic amines) is 1. The normalized spacial score (nSPS) is 29.5. The van der Waals surface area contributed by atoms with Gasteiger partial charge in [-0.05, 0) is 37.4 Å². The van der Waals surface area contributed by atoms with Crippen LogP contribution in [-0.2, 0) is 11.6 Å². The molecule has 1 aliphatic carbocycles. The van der Waals surface area contributed by atoms with Crippen LogP contribution in [0.15, 0.2) is 18.3 Å². The molecule has 0 aromatic carbocycles. The van der Waals surface area contributed by atoms with Crippen LogP contribution in [0.25, 0.3) is 0 Å². The predicted molar refractivity (Wildman–Crippen MR) is 70.8 cm³/mol. The second-order valence-corrected chi connectivity index (χ2v) is 6.14. The van der Waals surface area contributed by atoms with Crippen LogP contribution in [0.3, 0.4) is 0 Å². The van der Waals surface area contributed by atoms with Crippen molar-refractivity contribution < 1.29 is 13.2 Å². The van der Waals surface area contributed by atoms with Crippen LogP contribution in [0, 0.1) is 5.92 Å². The van der Waals surface area contributed by atoms with Gasteiger partial charge in [0.25, 0.3) is 0 Å². The van der Waals surface area contributed by atoms with E-state index in [1.54, 1.807) is 6.07 Å². The van der Waals surface area contributed by atoms with Crippen molar-refractivity contribution in [2.24, 2.45) is 5.92 Å². The Balaban J connectivity index is 1.71. The molecule has 0 spiro atoms. The fraction of sp³-hybridized carbons (Fsp3) is 0.643. The van der Waals surface area contributed by atoms with Gasteiger partial charge >= 0.3 is 6.18 Å². The number of halogens is 4. The van der Waals surface area contributed by atoms with E-state index in [0.717, 1.165) is 50.4 Å². The molecule has 1 aromatic heterocycles. The Morgan fingerprint density at radius 2 is 2.20 bits per heavy atom. The molecule has 6 heteroatoms. The summed E-state index contributed by atoms with van der Waals surface area (Å²) in [5.41, 5.74) is 0.131. The second kappa shape index (κ2) is 4.88. The van der Waals surface area contributed by atoms with Crippen LogP contribution < -0.4 is 0 Å². The average molecular weight is 305 g/mol. The highest BCUT2D eigenvalue weighted by Gasteiger charge is 2.61. The summed E-state index contributed by atoms with van der Waals surface area (Å²) in [6, 6.07) is 2.70. The first-order valence-corrected chi connectivity index (χ1v) is 7.31. The van der Waals surface area contributed by atoms with Gasteiger partial charge in [0.05, 0.1) is 5.56 Å². The molecule has 3 rings (SSSR count). The lowest BCUT2D eigenvalue weighted by molar-refractivity contribution is -0.137. The first kappa shape index (κ1) is 14.1. The third kappa shape index (κ3) is 2.42. The van der Waals surface area contributed by atoms with Gasteiger partial charge in [-0.25, -0.2) is 0 Å². The van der Waals surface area contributed by atoms with E-state index in [9.17, 15) is 13.2 Å². The van der Waals surface area contributed by atoms with E-state index in [2.05, 4.69) is 9.88 Å². The van der Waals surface area contributed by atoms with Gasteiger partial charge in [-0.3, -0.25) is 4.98 Å². The number of nitrogens with zero attached hydrogens (tertiary/aromatic N) is 2. The largest absolute Gasteiger partial charge is 0.417 e. The minimum absolute atomic E-state index is 0.00353. The van der Waals surface area contributed by atoms with Gasteiger partial charge < -0.3 is 4.90 Å². The van der Waals surface area contributed by atoms with Gasteiger partial charge in [0.1, 0.15) is 0 Å². The number of piperidine rings is 1. The molecule has 2 heterocycles. The van der Waals surface area contributed by atoms with Crippen molar-refractivity contribution in [3.8, 4) is 0 Å². The molecule has 0 amide bonds. The predicted octanol–water partition coefficient (Wildman–Crippen LogP) is 3.30. The van der Waals surface area contributed by atoms with E-state index in [4.69, 9.17) is 11.6 Å². The quantitative estimate of drug-likeness (QED) is 0.794. The zero-order valence-electron chi connectivity index (χ0n) is 11.0. The van der Waals surface area contributed by atoms with Crippen LogP contribution in [0.1, 0.15) is 24.1 Å². The lowest BCUT2D eigenvalue weighted by atomic mass is 10.00. The smallest absolute Gasteiger partial charge is 0.302 e. The molecule has 1 aromatic rings. The Morgan fingerprint density at radius 1 is 1.40 bits per heavy atom. The maximum atomic E-state index is 12.5. The molecular weight excluding hydrogens is 289 g/mol. The summed E-state index contributed by atoms with van der Waals surface area (Å²) in [7, 11) is 0. The summed E-state index contributed by atoms with van der Waals surface area (Å²) in [5.74, 6) is 1.19. The van der Waals surface area contributed by atoms with Crippen LogP contribution in [0.4, 0.5) is 13.2 Å². The highest BCUT2D eigenvalue weighted by molar-refractivity contribution is 6.17. The summed E-state index contributed by atoms with van der Waals surface area (Å²) in [6.45, 7) is 2.87. The minimum Gasteiger partial charge on any atom is -0.302 e. The van der Waals surface area contributed by atoms with Crippen molar-refractivity contribution in [1.82, 2.24) is 9.88 Å². The number of aromatic nitrogens is 1. The Labute approximate surface area is 120 Å². The van der Waals surface area contributed by atoms with Crippen LogP contribution in [-0.4, -0.2) is 35.4 Å². The van der Waals surface area contributed by atoms with Crippen molar-refractivity contribution in [3.05, 3.63) is 29.6 Å². The molecule has 1 unspecified atom stereocenters. The van der Waals surface area contributed by atoms with Gasteiger partial charge in [0.2, 0.25) is 0 Å². The second-order valence-electron chi connectivity index (χ2n) is 5.76. The average Bonchev–Trinajstić information content (AvgIpc) is 2.99. The minimum atomic E-state index is -4.31. The Morgan fingerprint density at radius 3 is 2.80 bits per heavy atom. The number of rotatable bonds is 4. The van der Waals surface area contributed by atoms with Crippen LogP contribution in [0.2, 0.25) is 0 Å². The summed E-state index contributed by atoms with van der Waals surface area (Å²) in [5, 5.41) is 0. The molecule has 0 bridgehead atoms. The van der Waals surface area contributed by atoms with E-state index in [1.807, 2.05) is 0 Å². The molecule has 2 fully saturated rings. The van der Waals surface area contributed by atoms with Gasteiger partial charge in [-0.1, -0.05) is 0 Å². The molecule has 0 N–H and O–H groups in total. The molecule has 2 atom stereocenters. The van der Waals surface area contributed by atoms with E-state index >= 15 is 0 Å². The first-order valence-electron chi connectivity index (χ1n) is 6.78. The maximum absolute atomic E-state index is 12.5. The van der Waals surface area contributed by atoms with Crippen molar-refractivity contribution in [3.63, 3.8) is 0 Å². The first-order chi connectivity index (χ1) is 9.45. The van der Waals surface area contributed by atoms with Gasteiger partial charge in [0.15, 0.2) is 0 Å². The third-order valence-electron chi connectivity index (χ3n) is 4.43. The van der Waals surface area contributed by atoms with Crippen molar-refractivity contribution in [2.45, 2.75) is 24.4 Å². The zero-order valence-corrected chi connectivity index (χ0v) is 11.7. The third-order valence-corrected chi connectivity index (χ3v) is 4.69. The lowest BCUT2D eigenvalue weighted by Gasteiger charge is -2.20. The Bertz CT molecular complexity index is 488. The fourth-order valence-corrected chi connectivity index (χ4v) is 3.41. The van der Waals surface area contributed by atoms with Gasteiger partial charge in [-0.2, -0.15) is 13.2 Å². The molecule has 1 saturated carbocycles. The lowest BCUT2D eigenvalue weighted by Crippen LogP contribution is -2.28. The number of hydrogen-bond donors (Lipinski definition) is 0. The summed E-state index contributed by atoms with van der Waals surface area (Å²) in [6.07, 6.45) is -1.36. The van der Waals surface area contributed by atoms with Crippen molar-refractivity contribution >= 4 is 11.6 Å². The fourth-order valence-electron chi connectivity index (χ4n) is 3.29. The summed E-state index contributed by atoms with van der Waals surface area (Å²) >= 11 is 5.69. The van der Waals surface area contributed by atoms with E-state index in [-0.39, 0.29) is 5.41 Å². The molecule has 1 aliphatic heterocycles. The topological polar surface area (TPSA) is 16.1 Å². The van der Waals surface area contributed by atoms with Crippen molar-refractivity contribution in [1.29, 1.82) is 0 Å². The maximum Gasteiger partial charge on any atom is 0.417 e. The van der Waals surface area contributed by atoms with E-state index in [0.29, 0.717) is 11.8 Å². The van der Waals surface area contributed by atoms with E-state index < -0.39 is 11.7 Å². The molecule has 2 nitrogen and oxygen atoms in total. The van der Waals surface area contributed by atoms with Crippen molar-refractivity contribution in [2.75, 3.05) is 25.5 Å². The monoisotopic (exact) mass is 304 g/mol. The summed E-state index contributed by atoms with van der Waals surface area (Å²) < 4.78 is 37.6. The highest BCUT2D eigenvalue weighted by atomic mass is 35.5.